The quantitative estimate of drug-likeness (QED) is 0.864. The molecule has 1 aromatic rings. The third kappa shape index (κ3) is 3.38. The van der Waals surface area contributed by atoms with E-state index < -0.39 is 27.3 Å². The van der Waals surface area contributed by atoms with Gasteiger partial charge in [-0.15, -0.1) is 0 Å². The lowest BCUT2D eigenvalue weighted by Gasteiger charge is -2.33. The maximum atomic E-state index is 12.9. The third-order valence-electron chi connectivity index (χ3n) is 5.12. The molecular formula is C16H18F3N3O2S. The summed E-state index contributed by atoms with van der Waals surface area (Å²) in [5, 5.41) is 12.2. The number of halogens is 3. The molecule has 9 heteroatoms. The van der Waals surface area contributed by atoms with E-state index in [2.05, 4.69) is 5.32 Å². The average Bonchev–Trinajstić information content (AvgIpc) is 2.98. The summed E-state index contributed by atoms with van der Waals surface area (Å²) in [7, 11) is -3.91. The fourth-order valence-corrected chi connectivity index (χ4v) is 5.22. The number of rotatable bonds is 2. The molecule has 2 aliphatic heterocycles. The van der Waals surface area contributed by atoms with Crippen LogP contribution in [0.4, 0.5) is 13.2 Å². The monoisotopic (exact) mass is 373 g/mol. The number of sulfonamides is 1. The zero-order valence-corrected chi connectivity index (χ0v) is 14.3. The molecule has 0 amide bonds. The second-order valence-corrected chi connectivity index (χ2v) is 8.59. The van der Waals surface area contributed by atoms with Gasteiger partial charge in [0, 0.05) is 13.1 Å². The highest BCUT2D eigenvalue weighted by Gasteiger charge is 2.43. The third-order valence-corrected chi connectivity index (χ3v) is 6.96. The van der Waals surface area contributed by atoms with Crippen molar-refractivity contribution in [1.82, 2.24) is 9.62 Å². The fraction of sp³-hybridized carbons (Fsp3) is 0.562. The Morgan fingerprint density at radius 3 is 2.48 bits per heavy atom. The highest BCUT2D eigenvalue weighted by Crippen LogP contribution is 2.41. The van der Waals surface area contributed by atoms with Crippen molar-refractivity contribution in [2.75, 3.05) is 26.2 Å². The van der Waals surface area contributed by atoms with E-state index in [1.165, 1.54) is 10.4 Å². The maximum Gasteiger partial charge on any atom is 0.417 e. The second-order valence-electron chi connectivity index (χ2n) is 6.66. The van der Waals surface area contributed by atoms with Gasteiger partial charge in [0.15, 0.2) is 0 Å². The topological polar surface area (TPSA) is 73.2 Å². The highest BCUT2D eigenvalue weighted by atomic mass is 32.2. The molecule has 2 aliphatic rings. The first-order valence-electron chi connectivity index (χ1n) is 8.00. The molecule has 2 saturated heterocycles. The molecular weight excluding hydrogens is 355 g/mol. The fourth-order valence-electron chi connectivity index (χ4n) is 3.64. The summed E-state index contributed by atoms with van der Waals surface area (Å²) in [5.74, 6) is 0. The molecule has 0 saturated carbocycles. The standard InChI is InChI=1S/C16H18F3N3O2S/c17-16(18,19)14-2-1-13(9-12(14)10-20)25(23,24)22-8-5-15(11-22)3-6-21-7-4-15/h1-2,9,21H,3-8,11H2. The van der Waals surface area contributed by atoms with Gasteiger partial charge in [0.05, 0.1) is 22.1 Å². The van der Waals surface area contributed by atoms with Crippen molar-refractivity contribution in [2.24, 2.45) is 5.41 Å². The molecule has 0 aliphatic carbocycles. The maximum absolute atomic E-state index is 12.9. The summed E-state index contributed by atoms with van der Waals surface area (Å²) in [6.07, 6.45) is -2.18. The van der Waals surface area contributed by atoms with Gasteiger partial charge in [-0.3, -0.25) is 0 Å². The molecule has 1 N–H and O–H groups in total. The molecule has 5 nitrogen and oxygen atoms in total. The van der Waals surface area contributed by atoms with Gasteiger partial charge in [0.1, 0.15) is 0 Å². The van der Waals surface area contributed by atoms with Crippen molar-refractivity contribution < 1.29 is 21.6 Å². The minimum absolute atomic E-state index is 0.0533. The molecule has 0 bridgehead atoms. The predicted molar refractivity (Wildman–Crippen MR) is 84.1 cm³/mol. The van der Waals surface area contributed by atoms with E-state index in [0.29, 0.717) is 19.2 Å². The number of piperidine rings is 1. The minimum Gasteiger partial charge on any atom is -0.317 e. The van der Waals surface area contributed by atoms with Gasteiger partial charge in [0.2, 0.25) is 10.0 Å². The first-order chi connectivity index (χ1) is 11.7. The van der Waals surface area contributed by atoms with Crippen LogP contribution in [0.25, 0.3) is 0 Å². The molecule has 1 aromatic carbocycles. The lowest BCUT2D eigenvalue weighted by atomic mass is 9.78. The van der Waals surface area contributed by atoms with Gasteiger partial charge in [-0.1, -0.05) is 0 Å². The minimum atomic E-state index is -4.69. The van der Waals surface area contributed by atoms with E-state index in [0.717, 1.165) is 44.5 Å². The van der Waals surface area contributed by atoms with E-state index in [1.807, 2.05) is 0 Å². The van der Waals surface area contributed by atoms with Gasteiger partial charge in [-0.25, -0.2) is 8.42 Å². The number of nitriles is 1. The van der Waals surface area contributed by atoms with E-state index >= 15 is 0 Å². The van der Waals surface area contributed by atoms with E-state index in [9.17, 15) is 21.6 Å². The molecule has 136 valence electrons. The molecule has 3 rings (SSSR count). The zero-order valence-electron chi connectivity index (χ0n) is 13.4. The molecule has 0 unspecified atom stereocenters. The second kappa shape index (κ2) is 6.27. The van der Waals surface area contributed by atoms with Crippen molar-refractivity contribution >= 4 is 10.0 Å². The van der Waals surface area contributed by atoms with Crippen LogP contribution in [0.3, 0.4) is 0 Å². The van der Waals surface area contributed by atoms with Gasteiger partial charge < -0.3 is 5.32 Å². The van der Waals surface area contributed by atoms with E-state index in [4.69, 9.17) is 5.26 Å². The molecule has 0 atom stereocenters. The number of alkyl halides is 3. The molecule has 0 radical (unpaired) electrons. The number of nitrogens with one attached hydrogen (secondary N) is 1. The summed E-state index contributed by atoms with van der Waals surface area (Å²) >= 11 is 0. The summed E-state index contributed by atoms with van der Waals surface area (Å²) < 4.78 is 65.6. The van der Waals surface area contributed by atoms with Crippen molar-refractivity contribution in [1.29, 1.82) is 5.26 Å². The van der Waals surface area contributed by atoms with E-state index in [-0.39, 0.29) is 10.3 Å². The van der Waals surface area contributed by atoms with Crippen LogP contribution in [0.2, 0.25) is 0 Å². The molecule has 0 aromatic heterocycles. The van der Waals surface area contributed by atoms with Crippen molar-refractivity contribution in [3.8, 4) is 6.07 Å². The number of nitrogens with zero attached hydrogens (tertiary/aromatic N) is 2. The van der Waals surface area contributed by atoms with Crippen molar-refractivity contribution in [3.05, 3.63) is 29.3 Å². The van der Waals surface area contributed by atoms with Crippen LogP contribution in [0.1, 0.15) is 30.4 Å². The molecule has 2 fully saturated rings. The van der Waals surface area contributed by atoms with Crippen LogP contribution in [-0.4, -0.2) is 38.9 Å². The smallest absolute Gasteiger partial charge is 0.317 e. The number of benzene rings is 1. The van der Waals surface area contributed by atoms with Crippen LogP contribution in [-0.2, 0) is 16.2 Å². The van der Waals surface area contributed by atoms with Crippen LogP contribution < -0.4 is 5.32 Å². The molecule has 25 heavy (non-hydrogen) atoms. The Morgan fingerprint density at radius 1 is 1.20 bits per heavy atom. The van der Waals surface area contributed by atoms with Crippen LogP contribution in [0.15, 0.2) is 23.1 Å². The SMILES string of the molecule is N#Cc1cc(S(=O)(=O)N2CCC3(CCNCC3)C2)ccc1C(F)(F)F. The molecule has 1 spiro atoms. The predicted octanol–water partition coefficient (Wildman–Crippen LogP) is 2.34. The Balaban J connectivity index is 1.90. The summed E-state index contributed by atoms with van der Waals surface area (Å²) in [5.41, 5.74) is -1.85. The first kappa shape index (κ1) is 18.2. The average molecular weight is 373 g/mol. The van der Waals surface area contributed by atoms with Gasteiger partial charge in [0.25, 0.3) is 0 Å². The molecule has 2 heterocycles. The lowest BCUT2D eigenvalue weighted by Crippen LogP contribution is -2.39. The Hall–Kier alpha value is -1.63. The Labute approximate surface area is 144 Å². The number of hydrogen-bond donors (Lipinski definition) is 1. The Bertz CT molecular complexity index is 809. The van der Waals surface area contributed by atoms with Gasteiger partial charge in [-0.2, -0.15) is 22.7 Å². The Kier molecular flexibility index (Phi) is 4.56. The van der Waals surface area contributed by atoms with E-state index in [1.54, 1.807) is 0 Å². The van der Waals surface area contributed by atoms with Crippen LogP contribution in [0.5, 0.6) is 0 Å². The first-order valence-corrected chi connectivity index (χ1v) is 9.44. The van der Waals surface area contributed by atoms with Crippen molar-refractivity contribution in [2.45, 2.75) is 30.3 Å². The van der Waals surface area contributed by atoms with Crippen LogP contribution >= 0.6 is 0 Å². The Morgan fingerprint density at radius 2 is 1.88 bits per heavy atom. The van der Waals surface area contributed by atoms with Crippen molar-refractivity contribution in [3.63, 3.8) is 0 Å². The summed E-state index contributed by atoms with van der Waals surface area (Å²) in [6, 6.07) is 3.88. The summed E-state index contributed by atoms with van der Waals surface area (Å²) in [6.45, 7) is 2.41. The lowest BCUT2D eigenvalue weighted by molar-refractivity contribution is -0.137. The van der Waals surface area contributed by atoms with Gasteiger partial charge >= 0.3 is 6.18 Å². The largest absolute Gasteiger partial charge is 0.417 e. The normalized spacial score (nSPS) is 21.4. The van der Waals surface area contributed by atoms with Gasteiger partial charge in [-0.05, 0) is 56.0 Å². The highest BCUT2D eigenvalue weighted by molar-refractivity contribution is 7.89. The number of hydrogen-bond acceptors (Lipinski definition) is 4. The zero-order chi connectivity index (χ0) is 18.3. The van der Waals surface area contributed by atoms with Crippen LogP contribution in [0, 0.1) is 16.7 Å². The summed E-state index contributed by atoms with van der Waals surface area (Å²) in [4.78, 5) is -0.261.